The molecule has 3 heteroatoms. The lowest BCUT2D eigenvalue weighted by Crippen LogP contribution is -2.37. The van der Waals surface area contributed by atoms with E-state index in [0.717, 1.165) is 31.5 Å². The largest absolute Gasteiger partial charge is 0.338 e. The Balaban J connectivity index is 1.85. The molecule has 0 spiro atoms. The van der Waals surface area contributed by atoms with Gasteiger partial charge in [0.1, 0.15) is 5.82 Å². The van der Waals surface area contributed by atoms with Crippen molar-refractivity contribution in [2.45, 2.75) is 44.1 Å². The lowest BCUT2D eigenvalue weighted by atomic mass is 9.81. The molecule has 2 aromatic rings. The Morgan fingerprint density at radius 3 is 2.95 bits per heavy atom. The van der Waals surface area contributed by atoms with Crippen molar-refractivity contribution in [2.75, 3.05) is 0 Å². The first-order valence-corrected chi connectivity index (χ1v) is 7.52. The first kappa shape index (κ1) is 13.4. The van der Waals surface area contributed by atoms with Gasteiger partial charge in [-0.15, -0.1) is 0 Å². The number of benzene rings is 1. The lowest BCUT2D eigenvalue weighted by Gasteiger charge is -2.30. The molecule has 0 fully saturated rings. The van der Waals surface area contributed by atoms with Crippen LogP contribution in [-0.2, 0) is 25.4 Å². The van der Waals surface area contributed by atoms with Crippen LogP contribution in [0.3, 0.4) is 0 Å². The normalized spacial score (nSPS) is 22.3. The zero-order chi connectivity index (χ0) is 14.0. The van der Waals surface area contributed by atoms with E-state index in [1.165, 1.54) is 24.0 Å². The Morgan fingerprint density at radius 1 is 1.30 bits per heavy atom. The number of aromatic nitrogens is 2. The Bertz CT molecular complexity index is 587. The second kappa shape index (κ2) is 5.41. The average Bonchev–Trinajstić information content (AvgIpc) is 2.79. The summed E-state index contributed by atoms with van der Waals surface area (Å²) in [4.78, 5) is 4.42. The summed E-state index contributed by atoms with van der Waals surface area (Å²) in [5.74, 6) is 1.12. The minimum atomic E-state index is -0.195. The molecule has 0 aliphatic heterocycles. The van der Waals surface area contributed by atoms with Crippen molar-refractivity contribution in [2.24, 2.45) is 12.8 Å². The standard InChI is InChI=1S/C17H23N3/c1-20-13-12-19-16(20)9-11-17(18)10-5-4-7-14-6-2-3-8-15(14)17/h2-3,6,8,12-13H,4-5,7,9-11,18H2,1H3. The summed E-state index contributed by atoms with van der Waals surface area (Å²) < 4.78 is 2.09. The van der Waals surface area contributed by atoms with E-state index in [1.807, 2.05) is 19.4 Å². The van der Waals surface area contributed by atoms with Gasteiger partial charge in [0.2, 0.25) is 0 Å². The average molecular weight is 269 g/mol. The van der Waals surface area contributed by atoms with Crippen LogP contribution in [-0.4, -0.2) is 9.55 Å². The molecule has 3 nitrogen and oxygen atoms in total. The number of nitrogens with two attached hydrogens (primary N) is 1. The Hall–Kier alpha value is -1.61. The van der Waals surface area contributed by atoms with E-state index in [9.17, 15) is 0 Å². The Morgan fingerprint density at radius 2 is 2.15 bits per heavy atom. The molecule has 1 heterocycles. The summed E-state index contributed by atoms with van der Waals surface area (Å²) in [5.41, 5.74) is 9.40. The monoisotopic (exact) mass is 269 g/mol. The van der Waals surface area contributed by atoms with Gasteiger partial charge in [-0.25, -0.2) is 4.98 Å². The van der Waals surface area contributed by atoms with Gasteiger partial charge in [0.15, 0.2) is 0 Å². The molecule has 1 aliphatic rings. The maximum atomic E-state index is 6.80. The van der Waals surface area contributed by atoms with Crippen molar-refractivity contribution in [3.05, 3.63) is 53.6 Å². The first-order chi connectivity index (χ1) is 9.69. The highest BCUT2D eigenvalue weighted by atomic mass is 15.0. The predicted octanol–water partition coefficient (Wildman–Crippen LogP) is 2.93. The van der Waals surface area contributed by atoms with E-state index in [2.05, 4.69) is 33.8 Å². The molecule has 2 N–H and O–H groups in total. The number of rotatable bonds is 3. The Kier molecular flexibility index (Phi) is 3.62. The number of nitrogens with zero attached hydrogens (tertiary/aromatic N) is 2. The van der Waals surface area contributed by atoms with E-state index in [4.69, 9.17) is 5.73 Å². The van der Waals surface area contributed by atoms with Crippen LogP contribution >= 0.6 is 0 Å². The third-order valence-corrected chi connectivity index (χ3v) is 4.59. The van der Waals surface area contributed by atoms with Crippen molar-refractivity contribution in [3.63, 3.8) is 0 Å². The fourth-order valence-electron chi connectivity index (χ4n) is 3.35. The van der Waals surface area contributed by atoms with Gasteiger partial charge in [-0.1, -0.05) is 30.7 Å². The molecular weight excluding hydrogens is 246 g/mol. The van der Waals surface area contributed by atoms with Gasteiger partial charge in [0.25, 0.3) is 0 Å². The highest BCUT2D eigenvalue weighted by Crippen LogP contribution is 2.35. The molecular formula is C17H23N3. The molecule has 0 saturated carbocycles. The third-order valence-electron chi connectivity index (χ3n) is 4.59. The van der Waals surface area contributed by atoms with Gasteiger partial charge < -0.3 is 10.3 Å². The van der Waals surface area contributed by atoms with Gasteiger partial charge in [-0.05, 0) is 36.8 Å². The highest BCUT2D eigenvalue weighted by Gasteiger charge is 2.30. The van der Waals surface area contributed by atoms with Gasteiger partial charge >= 0.3 is 0 Å². The van der Waals surface area contributed by atoms with Crippen LogP contribution in [0.25, 0.3) is 0 Å². The molecule has 3 rings (SSSR count). The van der Waals surface area contributed by atoms with E-state index in [1.54, 1.807) is 0 Å². The van der Waals surface area contributed by atoms with Gasteiger partial charge in [-0.2, -0.15) is 0 Å². The highest BCUT2D eigenvalue weighted by molar-refractivity contribution is 5.34. The summed E-state index contributed by atoms with van der Waals surface area (Å²) in [7, 11) is 2.05. The lowest BCUT2D eigenvalue weighted by molar-refractivity contribution is 0.368. The summed E-state index contributed by atoms with van der Waals surface area (Å²) >= 11 is 0. The quantitative estimate of drug-likeness (QED) is 0.871. The molecule has 0 radical (unpaired) electrons. The van der Waals surface area contributed by atoms with Crippen LogP contribution in [0.4, 0.5) is 0 Å². The minimum absolute atomic E-state index is 0.195. The van der Waals surface area contributed by atoms with Crippen molar-refractivity contribution >= 4 is 0 Å². The van der Waals surface area contributed by atoms with Crippen molar-refractivity contribution in [1.29, 1.82) is 0 Å². The van der Waals surface area contributed by atoms with Crippen molar-refractivity contribution < 1.29 is 0 Å². The summed E-state index contributed by atoms with van der Waals surface area (Å²) in [5, 5.41) is 0. The molecule has 106 valence electrons. The molecule has 0 saturated heterocycles. The predicted molar refractivity (Wildman–Crippen MR) is 81.4 cm³/mol. The Labute approximate surface area is 120 Å². The van der Waals surface area contributed by atoms with Crippen LogP contribution in [0.2, 0.25) is 0 Å². The second-order valence-corrected chi connectivity index (χ2v) is 5.97. The molecule has 1 aliphatic carbocycles. The van der Waals surface area contributed by atoms with Crippen LogP contribution in [0, 0.1) is 0 Å². The first-order valence-electron chi connectivity index (χ1n) is 7.52. The van der Waals surface area contributed by atoms with Crippen molar-refractivity contribution in [3.8, 4) is 0 Å². The maximum absolute atomic E-state index is 6.80. The van der Waals surface area contributed by atoms with E-state index >= 15 is 0 Å². The molecule has 1 aromatic carbocycles. The molecule has 0 amide bonds. The number of hydrogen-bond acceptors (Lipinski definition) is 2. The molecule has 1 unspecified atom stereocenters. The van der Waals surface area contributed by atoms with Crippen LogP contribution < -0.4 is 5.73 Å². The van der Waals surface area contributed by atoms with Crippen molar-refractivity contribution in [1.82, 2.24) is 9.55 Å². The molecule has 1 atom stereocenters. The topological polar surface area (TPSA) is 43.8 Å². The number of imidazole rings is 1. The number of fused-ring (bicyclic) bond motifs is 1. The van der Waals surface area contributed by atoms with Gasteiger partial charge in [0.05, 0.1) is 0 Å². The minimum Gasteiger partial charge on any atom is -0.338 e. The fourth-order valence-corrected chi connectivity index (χ4v) is 3.35. The zero-order valence-electron chi connectivity index (χ0n) is 12.2. The summed E-state index contributed by atoms with van der Waals surface area (Å²) in [6, 6.07) is 8.71. The number of hydrogen-bond donors (Lipinski definition) is 1. The number of aryl methyl sites for hydroxylation is 3. The van der Waals surface area contributed by atoms with Gasteiger partial charge in [-0.3, -0.25) is 0 Å². The van der Waals surface area contributed by atoms with E-state index in [-0.39, 0.29) is 5.54 Å². The third kappa shape index (κ3) is 2.50. The summed E-state index contributed by atoms with van der Waals surface area (Å²) in [6.45, 7) is 0. The van der Waals surface area contributed by atoms with Gasteiger partial charge in [0, 0.05) is 31.4 Å². The smallest absolute Gasteiger partial charge is 0.108 e. The molecule has 20 heavy (non-hydrogen) atoms. The molecule has 0 bridgehead atoms. The van der Waals surface area contributed by atoms with Crippen LogP contribution in [0.15, 0.2) is 36.7 Å². The van der Waals surface area contributed by atoms with E-state index in [0.29, 0.717) is 0 Å². The fraction of sp³-hybridized carbons (Fsp3) is 0.471. The molecule has 1 aromatic heterocycles. The maximum Gasteiger partial charge on any atom is 0.108 e. The second-order valence-electron chi connectivity index (χ2n) is 5.97. The zero-order valence-corrected chi connectivity index (χ0v) is 12.2. The van der Waals surface area contributed by atoms with Crippen LogP contribution in [0.1, 0.15) is 42.6 Å². The van der Waals surface area contributed by atoms with Crippen LogP contribution in [0.5, 0.6) is 0 Å². The SMILES string of the molecule is Cn1ccnc1CCC1(N)CCCCc2ccccc21. The van der Waals surface area contributed by atoms with E-state index < -0.39 is 0 Å². The summed E-state index contributed by atoms with van der Waals surface area (Å²) in [6.07, 6.45) is 10.5.